The van der Waals surface area contributed by atoms with Crippen LogP contribution in [0.1, 0.15) is 46.6 Å². The lowest BCUT2D eigenvalue weighted by molar-refractivity contribution is -0.137. The zero-order valence-corrected chi connectivity index (χ0v) is 29.8. The van der Waals surface area contributed by atoms with E-state index in [2.05, 4.69) is 22.8 Å². The van der Waals surface area contributed by atoms with E-state index in [0.29, 0.717) is 57.3 Å². The summed E-state index contributed by atoms with van der Waals surface area (Å²) in [5.41, 5.74) is 16.4. The molecule has 0 bridgehead atoms. The zero-order chi connectivity index (χ0) is 38.3. The molecule has 3 aromatic rings. The number of nitrogens with one attached hydrogen (secondary N) is 2. The van der Waals surface area contributed by atoms with Crippen LogP contribution in [0, 0.1) is 0 Å². The summed E-state index contributed by atoms with van der Waals surface area (Å²) in [6, 6.07) is 20.4. The Kier molecular flexibility index (Phi) is 15.4. The number of nitrogens with two attached hydrogens (primary N) is 2. The van der Waals surface area contributed by atoms with Gasteiger partial charge in [-0.05, 0) is 58.7 Å². The molecule has 2 aliphatic heterocycles. The number of piperazine rings is 1. The molecule has 286 valence electrons. The molecule has 2 aliphatic rings. The Bertz CT molecular complexity index is 1670. The number of hydrogen-bond acceptors (Lipinski definition) is 10. The molecule has 0 spiro atoms. The molecule has 0 saturated carbocycles. The van der Waals surface area contributed by atoms with E-state index in [0.717, 1.165) is 42.6 Å². The number of likely N-dealkylation sites (tertiary alicyclic amines) is 1. The standard InChI is InChI=1S/C20H24N2O3.C18H27N5O5/c21-13-15-2-1-3-17(10-15)16-6-8-22(9-7-16)20(25)12-14-4-5-18(23)19(24)11-14;19-9-13-1-3-14(4-2-13)10-21-18(28)23-7-5-22(6-8-23)16(26)11-20-17(27)15(25)12-24/h1-5,10-11,16,23-24H,6-9,12-13,21H2;1-4,15,24-25H,5-12,19H2,(H,20,27)(H,21,28). The first-order valence-corrected chi connectivity index (χ1v) is 17.7. The van der Waals surface area contributed by atoms with Crippen molar-refractivity contribution in [3.05, 3.63) is 94.5 Å². The number of aromatic hydroxyl groups is 2. The van der Waals surface area contributed by atoms with Gasteiger partial charge >= 0.3 is 6.03 Å². The molecule has 2 saturated heterocycles. The Morgan fingerprint density at radius 1 is 0.698 bits per heavy atom. The van der Waals surface area contributed by atoms with Crippen molar-refractivity contribution in [1.29, 1.82) is 0 Å². The molecule has 15 nitrogen and oxygen atoms in total. The molecule has 0 aliphatic carbocycles. The van der Waals surface area contributed by atoms with Crippen LogP contribution in [0.2, 0.25) is 0 Å². The van der Waals surface area contributed by atoms with Gasteiger partial charge in [0.1, 0.15) is 0 Å². The minimum atomic E-state index is -1.54. The minimum absolute atomic E-state index is 0.0549. The number of benzene rings is 3. The number of nitrogens with zero attached hydrogens (tertiary/aromatic N) is 3. The van der Waals surface area contributed by atoms with E-state index in [1.54, 1.807) is 15.9 Å². The lowest BCUT2D eigenvalue weighted by Crippen LogP contribution is -2.54. The lowest BCUT2D eigenvalue weighted by atomic mass is 9.88. The molecule has 2 fully saturated rings. The highest BCUT2D eigenvalue weighted by Crippen LogP contribution is 2.29. The second kappa shape index (κ2) is 20.1. The van der Waals surface area contributed by atoms with Gasteiger partial charge in [-0.3, -0.25) is 14.4 Å². The van der Waals surface area contributed by atoms with Crippen LogP contribution in [0.4, 0.5) is 4.79 Å². The van der Waals surface area contributed by atoms with Gasteiger partial charge in [0.15, 0.2) is 17.6 Å². The highest BCUT2D eigenvalue weighted by atomic mass is 16.3. The van der Waals surface area contributed by atoms with E-state index >= 15 is 0 Å². The Morgan fingerprint density at radius 3 is 1.92 bits per heavy atom. The van der Waals surface area contributed by atoms with Gasteiger partial charge in [-0.1, -0.05) is 54.6 Å². The topological polar surface area (TPSA) is 235 Å². The highest BCUT2D eigenvalue weighted by Gasteiger charge is 2.26. The summed E-state index contributed by atoms with van der Waals surface area (Å²) in [5, 5.41) is 41.9. The number of aliphatic hydroxyl groups excluding tert-OH is 2. The van der Waals surface area contributed by atoms with Gasteiger partial charge in [0.25, 0.3) is 5.91 Å². The quantitative estimate of drug-likeness (QED) is 0.127. The summed E-state index contributed by atoms with van der Waals surface area (Å²) in [6.45, 7) is 3.42. The number of piperidine rings is 1. The molecule has 0 radical (unpaired) electrons. The summed E-state index contributed by atoms with van der Waals surface area (Å²) in [7, 11) is 0. The summed E-state index contributed by atoms with van der Waals surface area (Å²) >= 11 is 0. The molecule has 2 heterocycles. The smallest absolute Gasteiger partial charge is 0.317 e. The van der Waals surface area contributed by atoms with E-state index in [-0.39, 0.29) is 42.3 Å². The van der Waals surface area contributed by atoms with Crippen molar-refractivity contribution >= 4 is 23.8 Å². The van der Waals surface area contributed by atoms with Gasteiger partial charge in [-0.25, -0.2) is 4.79 Å². The number of phenols is 2. The van der Waals surface area contributed by atoms with E-state index in [1.807, 2.05) is 41.3 Å². The van der Waals surface area contributed by atoms with Crippen molar-refractivity contribution in [2.24, 2.45) is 11.5 Å². The van der Waals surface area contributed by atoms with Crippen molar-refractivity contribution < 1.29 is 39.6 Å². The van der Waals surface area contributed by atoms with Gasteiger partial charge in [-0.2, -0.15) is 0 Å². The third-order valence-corrected chi connectivity index (χ3v) is 9.41. The Labute approximate surface area is 309 Å². The van der Waals surface area contributed by atoms with Crippen LogP contribution in [-0.2, 0) is 40.4 Å². The van der Waals surface area contributed by atoms with E-state index < -0.39 is 18.6 Å². The fraction of sp³-hybridized carbons (Fsp3) is 0.421. The molecule has 1 atom stereocenters. The monoisotopic (exact) mass is 733 g/mol. The fourth-order valence-electron chi connectivity index (χ4n) is 6.12. The zero-order valence-electron chi connectivity index (χ0n) is 29.8. The van der Waals surface area contributed by atoms with Crippen molar-refractivity contribution in [1.82, 2.24) is 25.3 Å². The van der Waals surface area contributed by atoms with Gasteiger partial charge in [0.2, 0.25) is 11.8 Å². The number of carbonyl (C=O) groups is 4. The lowest BCUT2D eigenvalue weighted by Gasteiger charge is -2.34. The second-order valence-corrected chi connectivity index (χ2v) is 13.1. The van der Waals surface area contributed by atoms with Gasteiger partial charge in [0, 0.05) is 58.9 Å². The summed E-state index contributed by atoms with van der Waals surface area (Å²) < 4.78 is 0. The van der Waals surface area contributed by atoms with Crippen LogP contribution in [0.15, 0.2) is 66.7 Å². The Balaban J connectivity index is 0.000000238. The average Bonchev–Trinajstić information content (AvgIpc) is 3.20. The summed E-state index contributed by atoms with van der Waals surface area (Å²) in [6.07, 6.45) is 0.586. The van der Waals surface area contributed by atoms with Crippen molar-refractivity contribution in [3.8, 4) is 11.5 Å². The van der Waals surface area contributed by atoms with Crippen molar-refractivity contribution in [3.63, 3.8) is 0 Å². The number of hydrogen-bond donors (Lipinski definition) is 8. The molecule has 1 unspecified atom stereocenters. The molecule has 10 N–H and O–H groups in total. The first-order valence-electron chi connectivity index (χ1n) is 17.7. The van der Waals surface area contributed by atoms with Crippen LogP contribution < -0.4 is 22.1 Å². The summed E-state index contributed by atoms with van der Waals surface area (Å²) in [4.78, 5) is 53.3. The molecular formula is C38H51N7O8. The van der Waals surface area contributed by atoms with Gasteiger partial charge in [0.05, 0.1) is 19.6 Å². The van der Waals surface area contributed by atoms with E-state index in [4.69, 9.17) is 21.7 Å². The van der Waals surface area contributed by atoms with E-state index in [9.17, 15) is 29.4 Å². The van der Waals surface area contributed by atoms with Crippen molar-refractivity contribution in [2.45, 2.75) is 50.9 Å². The van der Waals surface area contributed by atoms with Crippen LogP contribution in [0.3, 0.4) is 0 Å². The van der Waals surface area contributed by atoms with Crippen LogP contribution in [0.5, 0.6) is 11.5 Å². The maximum atomic E-state index is 12.5. The molecule has 0 aromatic heterocycles. The van der Waals surface area contributed by atoms with Crippen LogP contribution in [0.25, 0.3) is 0 Å². The summed E-state index contributed by atoms with van der Waals surface area (Å²) in [5.74, 6) is -0.945. The average molecular weight is 734 g/mol. The van der Waals surface area contributed by atoms with E-state index in [1.165, 1.54) is 17.7 Å². The maximum Gasteiger partial charge on any atom is 0.317 e. The normalized spacial score (nSPS) is 15.2. The SMILES string of the molecule is NCc1ccc(CNC(=O)N2CCN(C(=O)CNC(=O)C(O)CO)CC2)cc1.NCc1cccc(C2CCN(C(=O)Cc3ccc(O)c(O)c3)CC2)c1. The van der Waals surface area contributed by atoms with Crippen molar-refractivity contribution in [2.75, 3.05) is 52.4 Å². The van der Waals surface area contributed by atoms with Gasteiger partial charge in [-0.15, -0.1) is 0 Å². The predicted molar refractivity (Wildman–Crippen MR) is 197 cm³/mol. The van der Waals surface area contributed by atoms with Gasteiger partial charge < -0.3 is 57.2 Å². The Morgan fingerprint density at radius 2 is 1.30 bits per heavy atom. The molecule has 15 heteroatoms. The Hall–Kier alpha value is -5.22. The number of amides is 5. The molecule has 5 amide bonds. The first kappa shape index (κ1) is 40.5. The van der Waals surface area contributed by atoms with Crippen LogP contribution >= 0.6 is 0 Å². The first-order chi connectivity index (χ1) is 25.5. The minimum Gasteiger partial charge on any atom is -0.504 e. The predicted octanol–water partition coefficient (Wildman–Crippen LogP) is 0.474. The third-order valence-electron chi connectivity index (χ3n) is 9.41. The number of aliphatic hydroxyl groups is 2. The highest BCUT2D eigenvalue weighted by molar-refractivity contribution is 5.87. The fourth-order valence-corrected chi connectivity index (χ4v) is 6.12. The number of rotatable bonds is 11. The number of carbonyl (C=O) groups excluding carboxylic acids is 4. The number of phenolic OH excluding ortho intramolecular Hbond substituents is 2. The molecule has 5 rings (SSSR count). The molecule has 53 heavy (non-hydrogen) atoms. The molecule has 3 aromatic carbocycles. The third kappa shape index (κ3) is 12.2. The van der Waals surface area contributed by atoms with Crippen LogP contribution in [-0.4, -0.2) is 117 Å². The number of urea groups is 1. The maximum absolute atomic E-state index is 12.5. The molecular weight excluding hydrogens is 682 g/mol. The largest absolute Gasteiger partial charge is 0.504 e. The second-order valence-electron chi connectivity index (χ2n) is 13.1.